The van der Waals surface area contributed by atoms with E-state index in [9.17, 15) is 9.90 Å². The zero-order chi connectivity index (χ0) is 15.6. The molecule has 0 saturated heterocycles. The van der Waals surface area contributed by atoms with E-state index in [1.54, 1.807) is 12.1 Å². The highest BCUT2D eigenvalue weighted by Crippen LogP contribution is 2.56. The quantitative estimate of drug-likeness (QED) is 0.896. The van der Waals surface area contributed by atoms with Gasteiger partial charge in [-0.25, -0.2) is 0 Å². The van der Waals surface area contributed by atoms with E-state index in [0.29, 0.717) is 11.7 Å². The molecule has 3 heteroatoms. The zero-order valence-electron chi connectivity index (χ0n) is 13.5. The summed E-state index contributed by atoms with van der Waals surface area (Å²) in [5.74, 6) is 3.68. The molecule has 0 spiro atoms. The number of phenolic OH excluding ortho intramolecular Hbond substituents is 1. The lowest BCUT2D eigenvalue weighted by atomic mass is 9.53. The lowest BCUT2D eigenvalue weighted by Gasteiger charge is -2.57. The molecule has 1 amide bonds. The second-order valence-corrected chi connectivity index (χ2v) is 8.73. The molecule has 2 atom stereocenters. The molecule has 5 fully saturated rings. The van der Waals surface area contributed by atoms with E-state index in [0.717, 1.165) is 24.2 Å². The summed E-state index contributed by atoms with van der Waals surface area (Å²) in [7, 11) is 0. The standard InChI is InChI=1S/C20H25NO2/c22-16-3-1-15(2-4-16)17-8-18(17)19(23)21-20-9-12-5-13(10-20)7-14(6-12)11-20/h1-4,12-14,17-18,22H,5-11H2,(H,21,23). The predicted octanol–water partition coefficient (Wildman–Crippen LogP) is 3.58. The third kappa shape index (κ3) is 2.36. The van der Waals surface area contributed by atoms with Crippen LogP contribution in [-0.2, 0) is 4.79 Å². The third-order valence-electron chi connectivity index (χ3n) is 6.88. The van der Waals surface area contributed by atoms with Crippen molar-refractivity contribution in [3.8, 4) is 5.75 Å². The van der Waals surface area contributed by atoms with Crippen molar-refractivity contribution < 1.29 is 9.90 Å². The Kier molecular flexibility index (Phi) is 2.87. The number of rotatable bonds is 3. The molecule has 2 N–H and O–H groups in total. The van der Waals surface area contributed by atoms with Gasteiger partial charge >= 0.3 is 0 Å². The molecule has 0 aliphatic heterocycles. The van der Waals surface area contributed by atoms with Crippen LogP contribution in [-0.4, -0.2) is 16.6 Å². The first kappa shape index (κ1) is 13.9. The number of carbonyl (C=O) groups is 1. The zero-order valence-corrected chi connectivity index (χ0v) is 13.5. The highest BCUT2D eigenvalue weighted by atomic mass is 16.3. The molecule has 6 rings (SSSR count). The van der Waals surface area contributed by atoms with Crippen molar-refractivity contribution in [2.24, 2.45) is 23.7 Å². The summed E-state index contributed by atoms with van der Waals surface area (Å²) in [6.07, 6.45) is 8.87. The second-order valence-electron chi connectivity index (χ2n) is 8.73. The highest BCUT2D eigenvalue weighted by Gasteiger charge is 2.53. The van der Waals surface area contributed by atoms with Crippen molar-refractivity contribution in [3.63, 3.8) is 0 Å². The molecule has 23 heavy (non-hydrogen) atoms. The number of hydrogen-bond acceptors (Lipinski definition) is 2. The summed E-state index contributed by atoms with van der Waals surface area (Å²) in [4.78, 5) is 12.8. The Morgan fingerprint density at radius 1 is 0.957 bits per heavy atom. The maximum atomic E-state index is 12.8. The Morgan fingerprint density at radius 3 is 2.09 bits per heavy atom. The van der Waals surface area contributed by atoms with E-state index in [2.05, 4.69) is 5.32 Å². The fourth-order valence-electron chi connectivity index (χ4n) is 6.19. The maximum absolute atomic E-state index is 12.8. The first-order valence-electron chi connectivity index (χ1n) is 9.21. The van der Waals surface area contributed by atoms with E-state index in [4.69, 9.17) is 0 Å². The van der Waals surface area contributed by atoms with E-state index >= 15 is 0 Å². The summed E-state index contributed by atoms with van der Waals surface area (Å²) < 4.78 is 0. The van der Waals surface area contributed by atoms with Gasteiger partial charge in [0.15, 0.2) is 0 Å². The van der Waals surface area contributed by atoms with Crippen molar-refractivity contribution in [3.05, 3.63) is 29.8 Å². The van der Waals surface area contributed by atoms with Crippen LogP contribution in [0.2, 0.25) is 0 Å². The molecule has 5 aliphatic carbocycles. The molecule has 1 aromatic carbocycles. The third-order valence-corrected chi connectivity index (χ3v) is 6.88. The average Bonchev–Trinajstić information content (AvgIpc) is 3.26. The second kappa shape index (κ2) is 4.75. The van der Waals surface area contributed by atoms with E-state index in [1.165, 1.54) is 44.1 Å². The molecule has 2 unspecified atom stereocenters. The summed E-state index contributed by atoms with van der Waals surface area (Å²) in [5.41, 5.74) is 1.32. The highest BCUT2D eigenvalue weighted by molar-refractivity contribution is 5.83. The number of nitrogens with one attached hydrogen (secondary N) is 1. The van der Waals surface area contributed by atoms with Gasteiger partial charge in [-0.2, -0.15) is 0 Å². The summed E-state index contributed by atoms with van der Waals surface area (Å²) in [6, 6.07) is 7.36. The monoisotopic (exact) mass is 311 g/mol. The molecular weight excluding hydrogens is 286 g/mol. The Labute approximate surface area is 137 Å². The van der Waals surface area contributed by atoms with Gasteiger partial charge in [-0.15, -0.1) is 0 Å². The number of phenols is 1. The fourth-order valence-corrected chi connectivity index (χ4v) is 6.19. The van der Waals surface area contributed by atoms with Crippen molar-refractivity contribution in [1.82, 2.24) is 5.32 Å². The molecule has 0 heterocycles. The Balaban J connectivity index is 1.27. The number of amides is 1. The summed E-state index contributed by atoms with van der Waals surface area (Å²) in [6.45, 7) is 0. The Hall–Kier alpha value is -1.51. The molecular formula is C20H25NO2. The van der Waals surface area contributed by atoms with Gasteiger partial charge < -0.3 is 10.4 Å². The summed E-state index contributed by atoms with van der Waals surface area (Å²) in [5, 5.41) is 12.9. The molecule has 3 nitrogen and oxygen atoms in total. The lowest BCUT2D eigenvalue weighted by Crippen LogP contribution is -2.60. The maximum Gasteiger partial charge on any atom is 0.224 e. The van der Waals surface area contributed by atoms with E-state index in [1.807, 2.05) is 12.1 Å². The molecule has 0 radical (unpaired) electrons. The average molecular weight is 311 g/mol. The number of hydrogen-bond donors (Lipinski definition) is 2. The molecule has 5 aliphatic rings. The van der Waals surface area contributed by atoms with Gasteiger partial charge in [0.05, 0.1) is 0 Å². The normalized spacial score (nSPS) is 43.4. The first-order chi connectivity index (χ1) is 11.1. The minimum Gasteiger partial charge on any atom is -0.508 e. The minimum absolute atomic E-state index is 0.133. The van der Waals surface area contributed by atoms with Gasteiger partial charge in [-0.3, -0.25) is 4.79 Å². The SMILES string of the molecule is O=C(NC12CC3CC(CC(C3)C1)C2)C1CC1c1ccc(O)cc1. The van der Waals surface area contributed by atoms with Gasteiger partial charge in [0.1, 0.15) is 5.75 Å². The van der Waals surface area contributed by atoms with Crippen LogP contribution in [0.1, 0.15) is 56.4 Å². The Bertz CT molecular complexity index is 600. The predicted molar refractivity (Wildman–Crippen MR) is 88.0 cm³/mol. The van der Waals surface area contributed by atoms with Crippen LogP contribution < -0.4 is 5.32 Å². The lowest BCUT2D eigenvalue weighted by molar-refractivity contribution is -0.128. The van der Waals surface area contributed by atoms with Crippen LogP contribution in [0, 0.1) is 23.7 Å². The first-order valence-corrected chi connectivity index (χ1v) is 9.21. The van der Waals surface area contributed by atoms with Gasteiger partial charge in [0.2, 0.25) is 5.91 Å². The topological polar surface area (TPSA) is 49.3 Å². The van der Waals surface area contributed by atoms with Gasteiger partial charge in [-0.05, 0) is 86.3 Å². The molecule has 5 saturated carbocycles. The Morgan fingerprint density at radius 2 is 1.52 bits per heavy atom. The van der Waals surface area contributed by atoms with Gasteiger partial charge in [0.25, 0.3) is 0 Å². The van der Waals surface area contributed by atoms with E-state index in [-0.39, 0.29) is 17.4 Å². The smallest absolute Gasteiger partial charge is 0.224 e. The molecule has 4 bridgehead atoms. The van der Waals surface area contributed by atoms with Crippen LogP contribution in [0.3, 0.4) is 0 Å². The van der Waals surface area contributed by atoms with Crippen LogP contribution in [0.4, 0.5) is 0 Å². The fraction of sp³-hybridized carbons (Fsp3) is 0.650. The van der Waals surface area contributed by atoms with Crippen molar-refractivity contribution in [2.45, 2.75) is 56.4 Å². The number of benzene rings is 1. The van der Waals surface area contributed by atoms with Crippen molar-refractivity contribution in [1.29, 1.82) is 0 Å². The van der Waals surface area contributed by atoms with E-state index < -0.39 is 0 Å². The molecule has 0 aromatic heterocycles. The van der Waals surface area contributed by atoms with Crippen molar-refractivity contribution >= 4 is 5.91 Å². The number of carbonyl (C=O) groups excluding carboxylic acids is 1. The minimum atomic E-state index is 0.133. The summed E-state index contributed by atoms with van der Waals surface area (Å²) >= 11 is 0. The largest absolute Gasteiger partial charge is 0.508 e. The van der Waals surface area contributed by atoms with Crippen LogP contribution >= 0.6 is 0 Å². The van der Waals surface area contributed by atoms with Crippen molar-refractivity contribution in [2.75, 3.05) is 0 Å². The van der Waals surface area contributed by atoms with Gasteiger partial charge in [-0.1, -0.05) is 12.1 Å². The number of aromatic hydroxyl groups is 1. The molecule has 122 valence electrons. The van der Waals surface area contributed by atoms with Crippen LogP contribution in [0.15, 0.2) is 24.3 Å². The van der Waals surface area contributed by atoms with Crippen LogP contribution in [0.25, 0.3) is 0 Å². The van der Waals surface area contributed by atoms with Gasteiger partial charge in [0, 0.05) is 11.5 Å². The molecule has 1 aromatic rings. The van der Waals surface area contributed by atoms with Crippen LogP contribution in [0.5, 0.6) is 5.75 Å².